The summed E-state index contributed by atoms with van der Waals surface area (Å²) in [6.07, 6.45) is 2.04. The number of nitrogens with zero attached hydrogens (tertiary/aromatic N) is 1. The van der Waals surface area contributed by atoms with Crippen LogP contribution in [0.2, 0.25) is 0 Å². The van der Waals surface area contributed by atoms with E-state index in [9.17, 15) is 0 Å². The van der Waals surface area contributed by atoms with Crippen molar-refractivity contribution in [1.82, 2.24) is 5.32 Å². The van der Waals surface area contributed by atoms with Crippen molar-refractivity contribution in [2.75, 3.05) is 26.9 Å². The number of hydrogen-bond acceptors (Lipinski definition) is 5. The standard InChI is InChI=1S/C15H25N3O3/c1-3-8-21-9-4-7-17-11-12-5-6-13(15(16)18-19)14(10-12)20-2/h5-6,10,17,19H,3-4,7-9,11H2,1-2H3,(H2,16,18). The van der Waals surface area contributed by atoms with Gasteiger partial charge in [0.15, 0.2) is 5.84 Å². The maximum absolute atomic E-state index is 8.72. The molecule has 1 aromatic carbocycles. The highest BCUT2D eigenvalue weighted by atomic mass is 16.5. The fraction of sp³-hybridized carbons (Fsp3) is 0.533. The average molecular weight is 295 g/mol. The van der Waals surface area contributed by atoms with Gasteiger partial charge in [-0.3, -0.25) is 0 Å². The predicted octanol–water partition coefficient (Wildman–Crippen LogP) is 1.70. The molecule has 0 aliphatic heterocycles. The van der Waals surface area contributed by atoms with Crippen molar-refractivity contribution in [3.63, 3.8) is 0 Å². The van der Waals surface area contributed by atoms with Crippen LogP contribution in [0, 0.1) is 0 Å². The summed E-state index contributed by atoms with van der Waals surface area (Å²) in [5.41, 5.74) is 7.25. The molecule has 0 fully saturated rings. The van der Waals surface area contributed by atoms with Crippen LogP contribution in [0.5, 0.6) is 5.75 Å². The molecule has 1 rings (SSSR count). The predicted molar refractivity (Wildman–Crippen MR) is 82.9 cm³/mol. The number of methoxy groups -OCH3 is 1. The Balaban J connectivity index is 2.42. The molecule has 4 N–H and O–H groups in total. The van der Waals surface area contributed by atoms with E-state index in [0.717, 1.165) is 44.7 Å². The van der Waals surface area contributed by atoms with E-state index in [1.807, 2.05) is 12.1 Å². The zero-order chi connectivity index (χ0) is 15.5. The smallest absolute Gasteiger partial charge is 0.173 e. The van der Waals surface area contributed by atoms with Crippen molar-refractivity contribution in [3.05, 3.63) is 29.3 Å². The highest BCUT2D eigenvalue weighted by Crippen LogP contribution is 2.20. The number of hydrogen-bond donors (Lipinski definition) is 3. The maximum atomic E-state index is 8.72. The van der Waals surface area contributed by atoms with Crippen molar-refractivity contribution in [2.24, 2.45) is 10.9 Å². The fourth-order valence-corrected chi connectivity index (χ4v) is 1.89. The molecule has 6 heteroatoms. The van der Waals surface area contributed by atoms with Gasteiger partial charge in [0.1, 0.15) is 5.75 Å². The lowest BCUT2D eigenvalue weighted by Crippen LogP contribution is -2.18. The second-order valence-corrected chi connectivity index (χ2v) is 4.66. The molecule has 0 aliphatic rings. The molecule has 0 saturated heterocycles. The van der Waals surface area contributed by atoms with Gasteiger partial charge in [-0.2, -0.15) is 0 Å². The molecule has 0 radical (unpaired) electrons. The van der Waals surface area contributed by atoms with Crippen LogP contribution in [0.3, 0.4) is 0 Å². The first-order valence-corrected chi connectivity index (χ1v) is 7.16. The summed E-state index contributed by atoms with van der Waals surface area (Å²) >= 11 is 0. The number of benzene rings is 1. The normalized spacial score (nSPS) is 11.6. The number of rotatable bonds is 10. The number of ether oxygens (including phenoxy) is 2. The van der Waals surface area contributed by atoms with Crippen LogP contribution in [0.1, 0.15) is 30.9 Å². The van der Waals surface area contributed by atoms with Gasteiger partial charge in [0, 0.05) is 19.8 Å². The zero-order valence-corrected chi connectivity index (χ0v) is 12.8. The molecule has 21 heavy (non-hydrogen) atoms. The molecule has 0 heterocycles. The minimum Gasteiger partial charge on any atom is -0.496 e. The van der Waals surface area contributed by atoms with Gasteiger partial charge in [-0.05, 0) is 37.1 Å². The minimum absolute atomic E-state index is 0.0411. The maximum Gasteiger partial charge on any atom is 0.173 e. The fourth-order valence-electron chi connectivity index (χ4n) is 1.89. The molecule has 0 atom stereocenters. The quantitative estimate of drug-likeness (QED) is 0.201. The Kier molecular flexibility index (Phi) is 8.23. The summed E-state index contributed by atoms with van der Waals surface area (Å²) in [6, 6.07) is 5.60. The highest BCUT2D eigenvalue weighted by Gasteiger charge is 2.08. The SMILES string of the molecule is CCCOCCCNCc1ccc(/C(N)=N/O)c(OC)c1. The number of nitrogens with two attached hydrogens (primary N) is 1. The van der Waals surface area contributed by atoms with Crippen molar-refractivity contribution < 1.29 is 14.7 Å². The topological polar surface area (TPSA) is 89.1 Å². The molecule has 0 aromatic heterocycles. The van der Waals surface area contributed by atoms with E-state index in [2.05, 4.69) is 17.4 Å². The molecule has 0 spiro atoms. The summed E-state index contributed by atoms with van der Waals surface area (Å²) in [7, 11) is 1.56. The Morgan fingerprint density at radius 2 is 2.19 bits per heavy atom. The summed E-state index contributed by atoms with van der Waals surface area (Å²) in [6.45, 7) is 5.34. The number of oxime groups is 1. The first kappa shape index (κ1) is 17.3. The summed E-state index contributed by atoms with van der Waals surface area (Å²) < 4.78 is 10.7. The number of amidine groups is 1. The van der Waals surface area contributed by atoms with E-state index in [0.29, 0.717) is 11.3 Å². The third kappa shape index (κ3) is 6.01. The molecule has 0 saturated carbocycles. The van der Waals surface area contributed by atoms with E-state index in [1.54, 1.807) is 13.2 Å². The lowest BCUT2D eigenvalue weighted by Gasteiger charge is -2.10. The molecular weight excluding hydrogens is 270 g/mol. The van der Waals surface area contributed by atoms with E-state index >= 15 is 0 Å². The second-order valence-electron chi connectivity index (χ2n) is 4.66. The molecule has 0 bridgehead atoms. The molecule has 0 aliphatic carbocycles. The van der Waals surface area contributed by atoms with E-state index in [4.69, 9.17) is 20.4 Å². The third-order valence-electron chi connectivity index (χ3n) is 2.97. The molecule has 1 aromatic rings. The highest BCUT2D eigenvalue weighted by molar-refractivity contribution is 5.99. The Labute approximate surface area is 125 Å². The van der Waals surface area contributed by atoms with E-state index in [1.165, 1.54) is 0 Å². The van der Waals surface area contributed by atoms with Gasteiger partial charge < -0.3 is 25.7 Å². The van der Waals surface area contributed by atoms with Crippen molar-refractivity contribution >= 4 is 5.84 Å². The second kappa shape index (κ2) is 10.0. The Hall–Kier alpha value is -1.79. The van der Waals surface area contributed by atoms with Crippen molar-refractivity contribution in [2.45, 2.75) is 26.3 Å². The van der Waals surface area contributed by atoms with Gasteiger partial charge >= 0.3 is 0 Å². The Morgan fingerprint density at radius 1 is 1.38 bits per heavy atom. The van der Waals surface area contributed by atoms with Gasteiger partial charge in [0.05, 0.1) is 12.7 Å². The first-order chi connectivity index (χ1) is 10.2. The third-order valence-corrected chi connectivity index (χ3v) is 2.97. The van der Waals surface area contributed by atoms with Crippen LogP contribution >= 0.6 is 0 Å². The summed E-state index contributed by atoms with van der Waals surface area (Å²) in [5.74, 6) is 0.635. The van der Waals surface area contributed by atoms with Crippen LogP contribution in [-0.2, 0) is 11.3 Å². The van der Waals surface area contributed by atoms with Gasteiger partial charge in [0.2, 0.25) is 0 Å². The lowest BCUT2D eigenvalue weighted by molar-refractivity contribution is 0.132. The van der Waals surface area contributed by atoms with Crippen LogP contribution < -0.4 is 15.8 Å². The Bertz CT molecular complexity index is 450. The van der Waals surface area contributed by atoms with E-state index < -0.39 is 0 Å². The van der Waals surface area contributed by atoms with Crippen molar-refractivity contribution in [3.8, 4) is 5.75 Å². The van der Waals surface area contributed by atoms with Gasteiger partial charge in [0.25, 0.3) is 0 Å². The van der Waals surface area contributed by atoms with Gasteiger partial charge in [-0.1, -0.05) is 18.1 Å². The molecule has 118 valence electrons. The van der Waals surface area contributed by atoms with Crippen molar-refractivity contribution in [1.29, 1.82) is 0 Å². The number of nitrogens with one attached hydrogen (secondary N) is 1. The largest absolute Gasteiger partial charge is 0.496 e. The molecule has 0 amide bonds. The molecule has 6 nitrogen and oxygen atoms in total. The molecular formula is C15H25N3O3. The summed E-state index contributed by atoms with van der Waals surface area (Å²) in [4.78, 5) is 0. The van der Waals surface area contributed by atoms with Gasteiger partial charge in [-0.25, -0.2) is 0 Å². The molecule has 0 unspecified atom stereocenters. The monoisotopic (exact) mass is 295 g/mol. The Morgan fingerprint density at radius 3 is 2.86 bits per heavy atom. The average Bonchev–Trinajstić information content (AvgIpc) is 2.53. The van der Waals surface area contributed by atoms with Crippen LogP contribution in [-0.4, -0.2) is 37.9 Å². The first-order valence-electron chi connectivity index (χ1n) is 7.16. The minimum atomic E-state index is 0.0411. The van der Waals surface area contributed by atoms with Crippen LogP contribution in [0.15, 0.2) is 23.4 Å². The van der Waals surface area contributed by atoms with Gasteiger partial charge in [-0.15, -0.1) is 0 Å². The lowest BCUT2D eigenvalue weighted by atomic mass is 10.1. The van der Waals surface area contributed by atoms with Crippen LogP contribution in [0.4, 0.5) is 0 Å². The summed E-state index contributed by atoms with van der Waals surface area (Å²) in [5, 5.41) is 15.1. The zero-order valence-electron chi connectivity index (χ0n) is 12.8. The van der Waals surface area contributed by atoms with Crippen LogP contribution in [0.25, 0.3) is 0 Å². The van der Waals surface area contributed by atoms with E-state index in [-0.39, 0.29) is 5.84 Å².